The van der Waals surface area contributed by atoms with Gasteiger partial charge in [0.25, 0.3) is 0 Å². The summed E-state index contributed by atoms with van der Waals surface area (Å²) in [7, 11) is 3.16. The van der Waals surface area contributed by atoms with Crippen LogP contribution in [-0.4, -0.2) is 41.7 Å². The molecule has 0 saturated heterocycles. The molecule has 1 N–H and O–H groups in total. The summed E-state index contributed by atoms with van der Waals surface area (Å²) in [6, 6.07) is 14.6. The molecule has 0 bridgehead atoms. The number of carbonyl (C=O) groups is 2. The first-order valence-corrected chi connectivity index (χ1v) is 18.9. The third-order valence-electron chi connectivity index (χ3n) is 7.08. The van der Waals surface area contributed by atoms with E-state index in [2.05, 4.69) is 27.7 Å². The molecular formula is C30H45O4PS2. The molecule has 0 saturated carbocycles. The van der Waals surface area contributed by atoms with Crippen molar-refractivity contribution >= 4 is 40.4 Å². The summed E-state index contributed by atoms with van der Waals surface area (Å²) >= 11 is 0. The minimum atomic E-state index is -2.66. The molecule has 37 heavy (non-hydrogen) atoms. The van der Waals surface area contributed by atoms with Crippen LogP contribution in [0.2, 0.25) is 0 Å². The Labute approximate surface area is 232 Å². The van der Waals surface area contributed by atoms with E-state index < -0.39 is 12.8 Å². The second-order valence-corrected chi connectivity index (χ2v) is 18.0. The Morgan fingerprint density at radius 3 is 1.32 bits per heavy atom. The van der Waals surface area contributed by atoms with E-state index in [0.29, 0.717) is 5.56 Å². The first kappa shape index (κ1) is 31.7. The molecule has 0 unspecified atom stereocenters. The number of aromatic carboxylic acids is 1. The zero-order chi connectivity index (χ0) is 27.2. The van der Waals surface area contributed by atoms with E-state index in [0.717, 1.165) is 85.8 Å². The van der Waals surface area contributed by atoms with Crippen molar-refractivity contribution < 1.29 is 19.2 Å². The molecule has 0 radical (unpaired) electrons. The topological polar surface area (TPSA) is 63.6 Å². The fourth-order valence-corrected chi connectivity index (χ4v) is 13.4. The predicted octanol–water partition coefficient (Wildman–Crippen LogP) is 10.0. The fourth-order valence-electron chi connectivity index (χ4n) is 4.77. The molecule has 2 aromatic rings. The van der Waals surface area contributed by atoms with Crippen LogP contribution in [0.25, 0.3) is 0 Å². The van der Waals surface area contributed by atoms with Gasteiger partial charge in [-0.3, -0.25) is 0 Å². The molecule has 0 heterocycles. The molecule has 7 heteroatoms. The van der Waals surface area contributed by atoms with Crippen molar-refractivity contribution in [2.75, 3.05) is 24.6 Å². The molecule has 0 aliphatic heterocycles. The Hall–Kier alpha value is -1.49. The van der Waals surface area contributed by atoms with Gasteiger partial charge in [-0.15, -0.1) is 0 Å². The van der Waals surface area contributed by atoms with E-state index >= 15 is 0 Å². The number of carbonyl (C=O) groups excluding carboxylic acids is 1. The van der Waals surface area contributed by atoms with Gasteiger partial charge in [0.15, 0.2) is 0 Å². The van der Waals surface area contributed by atoms with E-state index in [1.807, 2.05) is 36.4 Å². The van der Waals surface area contributed by atoms with E-state index in [1.165, 1.54) is 0 Å². The number of carboxylic acid groups (broad SMARTS) is 1. The van der Waals surface area contributed by atoms with Gasteiger partial charge in [0.1, 0.15) is 0 Å². The molecule has 4 nitrogen and oxygen atoms in total. The van der Waals surface area contributed by atoms with E-state index in [1.54, 1.807) is 33.7 Å². The summed E-state index contributed by atoms with van der Waals surface area (Å²) < 4.78 is 6.85. The van der Waals surface area contributed by atoms with Crippen molar-refractivity contribution in [2.24, 2.45) is 0 Å². The van der Waals surface area contributed by atoms with Crippen molar-refractivity contribution in [2.45, 2.75) is 88.9 Å². The summed E-state index contributed by atoms with van der Waals surface area (Å²) in [6.07, 6.45) is 13.3. The molecule has 0 fully saturated rings. The van der Waals surface area contributed by atoms with Crippen molar-refractivity contribution in [3.8, 4) is 0 Å². The van der Waals surface area contributed by atoms with Crippen LogP contribution in [0.5, 0.6) is 0 Å². The third-order valence-corrected chi connectivity index (χ3v) is 16.0. The third kappa shape index (κ3) is 9.64. The predicted molar refractivity (Wildman–Crippen MR) is 163 cm³/mol. The van der Waals surface area contributed by atoms with E-state index in [4.69, 9.17) is 9.63 Å². The molecule has 0 aromatic heterocycles. The van der Waals surface area contributed by atoms with E-state index in [-0.39, 0.29) is 11.5 Å². The van der Waals surface area contributed by atoms with Crippen LogP contribution in [0.15, 0.2) is 58.3 Å². The molecular weight excluding hydrogens is 519 g/mol. The first-order chi connectivity index (χ1) is 17.8. The van der Waals surface area contributed by atoms with Crippen molar-refractivity contribution in [3.63, 3.8) is 0 Å². The second kappa shape index (κ2) is 15.8. The zero-order valence-electron chi connectivity index (χ0n) is 23.0. The number of carboxylic acids is 1. The monoisotopic (exact) mass is 564 g/mol. The standard InChI is InChI=1S/C30H45O4PS2/c1-5-9-21-35(22-10-6-2,23-11-7-3,24-12-8-4)34-30(33)26-15-19-28(20-16-26)37-36-27-17-13-25(14-18-27)29(31)32/h13-20H,5-12,21-24H2,1-4H3,(H,31,32). The Kier molecular flexibility index (Phi) is 13.6. The van der Waals surface area contributed by atoms with Gasteiger partial charge in [0.05, 0.1) is 0 Å². The quantitative estimate of drug-likeness (QED) is 0.144. The molecule has 0 amide bonds. The molecule has 2 aromatic carbocycles. The number of rotatable bonds is 18. The fraction of sp³-hybridized carbons (Fsp3) is 0.533. The number of benzene rings is 2. The summed E-state index contributed by atoms with van der Waals surface area (Å²) in [6.45, 7) is 6.29. The van der Waals surface area contributed by atoms with Gasteiger partial charge in [-0.25, -0.2) is 4.79 Å². The van der Waals surface area contributed by atoms with Crippen LogP contribution >= 0.6 is 28.4 Å². The van der Waals surface area contributed by atoms with Crippen molar-refractivity contribution in [3.05, 3.63) is 59.7 Å². The van der Waals surface area contributed by atoms with Gasteiger partial charge < -0.3 is 5.11 Å². The van der Waals surface area contributed by atoms with E-state index in [9.17, 15) is 9.59 Å². The second-order valence-electron chi connectivity index (χ2n) is 10.1. The van der Waals surface area contributed by atoms with Crippen molar-refractivity contribution in [1.29, 1.82) is 0 Å². The van der Waals surface area contributed by atoms with Gasteiger partial charge in [-0.05, 0) is 0 Å². The normalized spacial score (nSPS) is 12.6. The van der Waals surface area contributed by atoms with Crippen LogP contribution in [0.3, 0.4) is 0 Å². The Bertz CT molecular complexity index is 933. The Balaban J connectivity index is 2.20. The van der Waals surface area contributed by atoms with Gasteiger partial charge in [-0.1, -0.05) is 0 Å². The summed E-state index contributed by atoms with van der Waals surface area (Å²) in [5, 5.41) is 9.06. The maximum absolute atomic E-state index is 13.6. The van der Waals surface area contributed by atoms with Crippen LogP contribution < -0.4 is 0 Å². The molecule has 2 rings (SSSR count). The first-order valence-electron chi connectivity index (χ1n) is 13.8. The Morgan fingerprint density at radius 2 is 1.00 bits per heavy atom. The molecule has 0 spiro atoms. The minimum absolute atomic E-state index is 0.148. The van der Waals surface area contributed by atoms with Gasteiger partial charge in [0, 0.05) is 0 Å². The SMILES string of the molecule is CCCCP(CCCC)(CCCC)(CCCC)OC(=O)c1ccc(SSc2ccc(C(=O)O)cc2)cc1. The van der Waals surface area contributed by atoms with Gasteiger partial charge >= 0.3 is 223 Å². The van der Waals surface area contributed by atoms with Crippen LogP contribution in [0, 0.1) is 0 Å². The molecule has 0 aliphatic rings. The summed E-state index contributed by atoms with van der Waals surface area (Å²) in [5.74, 6) is -1.07. The van der Waals surface area contributed by atoms with Gasteiger partial charge in [0.2, 0.25) is 0 Å². The molecule has 206 valence electrons. The molecule has 0 atom stereocenters. The molecule has 0 aliphatic carbocycles. The average molecular weight is 565 g/mol. The number of hydrogen-bond acceptors (Lipinski definition) is 5. The zero-order valence-corrected chi connectivity index (χ0v) is 25.6. The number of unbranched alkanes of at least 4 members (excludes halogenated alkanes) is 4. The summed E-state index contributed by atoms with van der Waals surface area (Å²) in [5.41, 5.74) is 0.917. The van der Waals surface area contributed by atoms with Crippen LogP contribution in [-0.2, 0) is 4.52 Å². The van der Waals surface area contributed by atoms with Crippen molar-refractivity contribution in [1.82, 2.24) is 0 Å². The Morgan fingerprint density at radius 1 is 0.649 bits per heavy atom. The van der Waals surface area contributed by atoms with Crippen LogP contribution in [0.4, 0.5) is 0 Å². The summed E-state index contributed by atoms with van der Waals surface area (Å²) in [4.78, 5) is 26.7. The van der Waals surface area contributed by atoms with Crippen LogP contribution in [0.1, 0.15) is 99.8 Å². The maximum atomic E-state index is 13.6. The average Bonchev–Trinajstić information content (AvgIpc) is 2.92. The van der Waals surface area contributed by atoms with Gasteiger partial charge in [-0.2, -0.15) is 0 Å². The number of hydrogen-bond donors (Lipinski definition) is 1.